The van der Waals surface area contributed by atoms with Crippen molar-refractivity contribution in [3.05, 3.63) is 59.2 Å². The van der Waals surface area contributed by atoms with E-state index in [1.54, 1.807) is 21.9 Å². The first-order chi connectivity index (χ1) is 21.2. The van der Waals surface area contributed by atoms with Crippen molar-refractivity contribution in [3.8, 4) is 0 Å². The number of hydrogen-bond acceptors (Lipinski definition) is 7. The number of hydrogen-bond donors (Lipinski definition) is 0. The van der Waals surface area contributed by atoms with Crippen molar-refractivity contribution in [3.63, 3.8) is 0 Å². The van der Waals surface area contributed by atoms with Crippen LogP contribution in [-0.4, -0.2) is 108 Å². The minimum Gasteiger partial charge on any atom is -0.444 e. The average molecular weight is 624 g/mol. The predicted octanol–water partition coefficient (Wildman–Crippen LogP) is 3.99. The molecule has 3 aliphatic rings. The largest absolute Gasteiger partial charge is 0.444 e. The lowest BCUT2D eigenvalue weighted by Gasteiger charge is -2.46. The second kappa shape index (κ2) is 13.0. The maximum atomic E-state index is 14.1. The number of amides is 3. The standard InChI is InChI=1S/C34H46FN5O5/c1-23-17-38(27(18-37-12-7-13-44-21-30(37)42)19-39(23)32(43)45-33(2,3)4)20-29(41)40-22-34(5,6)31-28(40)15-25(16-36-31)14-24-8-10-26(35)11-9-24/h8-11,15-16,23,27H,7,12-14,17-22H2,1-6H3/t23-,27+/m1/s1. The van der Waals surface area contributed by atoms with Crippen LogP contribution < -0.4 is 4.90 Å². The van der Waals surface area contributed by atoms with Gasteiger partial charge < -0.3 is 24.2 Å². The number of carbonyl (C=O) groups excluding carboxylic acids is 3. The van der Waals surface area contributed by atoms with Crippen LogP contribution >= 0.6 is 0 Å². The van der Waals surface area contributed by atoms with Crippen LogP contribution in [0.2, 0.25) is 0 Å². The van der Waals surface area contributed by atoms with E-state index in [1.807, 2.05) is 44.9 Å². The number of anilines is 1. The Morgan fingerprint density at radius 3 is 2.58 bits per heavy atom. The van der Waals surface area contributed by atoms with Crippen LogP contribution in [0.1, 0.15) is 64.8 Å². The first-order valence-electron chi connectivity index (χ1n) is 15.8. The number of pyridine rings is 1. The van der Waals surface area contributed by atoms with Crippen LogP contribution in [0.3, 0.4) is 0 Å². The summed E-state index contributed by atoms with van der Waals surface area (Å²) in [6, 6.07) is 7.97. The molecule has 0 aliphatic carbocycles. The van der Waals surface area contributed by atoms with Gasteiger partial charge in [-0.15, -0.1) is 0 Å². The van der Waals surface area contributed by atoms with Crippen molar-refractivity contribution in [2.45, 2.75) is 77.5 Å². The van der Waals surface area contributed by atoms with Gasteiger partial charge in [-0.1, -0.05) is 26.0 Å². The molecule has 0 N–H and O–H groups in total. The van der Waals surface area contributed by atoms with E-state index in [-0.39, 0.29) is 48.3 Å². The van der Waals surface area contributed by atoms with Crippen molar-refractivity contribution < 1.29 is 28.2 Å². The zero-order valence-electron chi connectivity index (χ0n) is 27.3. The van der Waals surface area contributed by atoms with Gasteiger partial charge in [0.05, 0.1) is 17.9 Å². The van der Waals surface area contributed by atoms with E-state index in [1.165, 1.54) is 12.1 Å². The Kier molecular flexibility index (Phi) is 9.51. The number of aromatic nitrogens is 1. The summed E-state index contributed by atoms with van der Waals surface area (Å²) in [5.41, 5.74) is 2.59. The second-order valence-corrected chi connectivity index (χ2v) is 14.2. The minimum atomic E-state index is -0.642. The Hall–Kier alpha value is -3.57. The smallest absolute Gasteiger partial charge is 0.410 e. The Morgan fingerprint density at radius 1 is 1.13 bits per heavy atom. The van der Waals surface area contributed by atoms with E-state index in [4.69, 9.17) is 14.5 Å². The molecule has 3 amide bonds. The average Bonchev–Trinajstić information content (AvgIpc) is 3.07. The lowest BCUT2D eigenvalue weighted by molar-refractivity contribution is -0.135. The van der Waals surface area contributed by atoms with Crippen LogP contribution in [-0.2, 0) is 30.9 Å². The molecule has 10 nitrogen and oxygen atoms in total. The fourth-order valence-corrected chi connectivity index (χ4v) is 6.43. The lowest BCUT2D eigenvalue weighted by Crippen LogP contribution is -2.63. The van der Waals surface area contributed by atoms with Crippen molar-refractivity contribution >= 4 is 23.6 Å². The van der Waals surface area contributed by atoms with Crippen LogP contribution in [0, 0.1) is 5.82 Å². The molecule has 0 saturated carbocycles. The molecular formula is C34H46FN5O5. The molecule has 45 heavy (non-hydrogen) atoms. The normalized spacial score (nSPS) is 22.3. The van der Waals surface area contributed by atoms with Crippen LogP contribution in [0.15, 0.2) is 36.5 Å². The van der Waals surface area contributed by atoms with Gasteiger partial charge in [-0.2, -0.15) is 0 Å². The summed E-state index contributed by atoms with van der Waals surface area (Å²) in [7, 11) is 0. The number of carbonyl (C=O) groups is 3. The van der Waals surface area contributed by atoms with Crippen LogP contribution in [0.25, 0.3) is 0 Å². The van der Waals surface area contributed by atoms with Gasteiger partial charge >= 0.3 is 6.09 Å². The molecule has 5 rings (SSSR count). The number of benzene rings is 1. The highest BCUT2D eigenvalue weighted by Crippen LogP contribution is 2.40. The summed E-state index contributed by atoms with van der Waals surface area (Å²) >= 11 is 0. The van der Waals surface area contributed by atoms with E-state index in [2.05, 4.69) is 18.7 Å². The molecule has 0 unspecified atom stereocenters. The third-order valence-corrected chi connectivity index (χ3v) is 8.68. The summed E-state index contributed by atoms with van der Waals surface area (Å²) in [6.45, 7) is 14.6. The van der Waals surface area contributed by atoms with E-state index in [9.17, 15) is 18.8 Å². The molecule has 244 valence electrons. The summed E-state index contributed by atoms with van der Waals surface area (Å²) in [5.74, 6) is -0.426. The highest BCUT2D eigenvalue weighted by Gasteiger charge is 2.43. The zero-order valence-corrected chi connectivity index (χ0v) is 27.3. The van der Waals surface area contributed by atoms with Gasteiger partial charge in [0.25, 0.3) is 0 Å². The first kappa shape index (κ1) is 32.8. The maximum absolute atomic E-state index is 14.1. The topological polar surface area (TPSA) is 95.5 Å². The lowest BCUT2D eigenvalue weighted by atomic mass is 9.91. The van der Waals surface area contributed by atoms with Gasteiger partial charge in [-0.25, -0.2) is 9.18 Å². The van der Waals surface area contributed by atoms with E-state index in [0.29, 0.717) is 45.8 Å². The highest BCUT2D eigenvalue weighted by molar-refractivity contribution is 5.97. The summed E-state index contributed by atoms with van der Waals surface area (Å²) in [4.78, 5) is 52.4. The quantitative estimate of drug-likeness (QED) is 0.480. The molecule has 2 atom stereocenters. The van der Waals surface area contributed by atoms with Crippen molar-refractivity contribution in [2.75, 3.05) is 57.4 Å². The Balaban J connectivity index is 1.37. The van der Waals surface area contributed by atoms with Gasteiger partial charge in [-0.05, 0) is 69.9 Å². The fraction of sp³-hybridized carbons (Fsp3) is 0.588. The van der Waals surface area contributed by atoms with Crippen LogP contribution in [0.4, 0.5) is 14.9 Å². The third kappa shape index (κ3) is 7.81. The third-order valence-electron chi connectivity index (χ3n) is 8.68. The molecule has 2 fully saturated rings. The first-order valence-corrected chi connectivity index (χ1v) is 15.8. The maximum Gasteiger partial charge on any atom is 0.410 e. The molecule has 0 spiro atoms. The van der Waals surface area contributed by atoms with Gasteiger partial charge in [0.2, 0.25) is 11.8 Å². The number of nitrogens with zero attached hydrogens (tertiary/aromatic N) is 5. The number of piperazine rings is 1. The summed E-state index contributed by atoms with van der Waals surface area (Å²) in [5, 5.41) is 0. The number of rotatable bonds is 6. The Labute approximate surface area is 265 Å². The number of fused-ring (bicyclic) bond motifs is 1. The van der Waals surface area contributed by atoms with Gasteiger partial charge in [-0.3, -0.25) is 19.5 Å². The minimum absolute atomic E-state index is 0.0325. The molecule has 1 aromatic heterocycles. The summed E-state index contributed by atoms with van der Waals surface area (Å²) in [6.07, 6.45) is 2.75. The Morgan fingerprint density at radius 2 is 1.87 bits per heavy atom. The molecule has 4 heterocycles. The monoisotopic (exact) mass is 623 g/mol. The highest BCUT2D eigenvalue weighted by atomic mass is 19.1. The van der Waals surface area contributed by atoms with Crippen molar-refractivity contribution in [1.82, 2.24) is 19.7 Å². The molecule has 2 aromatic rings. The predicted molar refractivity (Wildman–Crippen MR) is 169 cm³/mol. The Bertz CT molecular complexity index is 1410. The zero-order chi connectivity index (χ0) is 32.5. The molecule has 2 saturated heterocycles. The molecule has 11 heteroatoms. The van der Waals surface area contributed by atoms with E-state index >= 15 is 0 Å². The van der Waals surface area contributed by atoms with E-state index < -0.39 is 11.7 Å². The van der Waals surface area contributed by atoms with Crippen molar-refractivity contribution in [2.24, 2.45) is 0 Å². The SMILES string of the molecule is C[C@@H]1CN(CC(=O)N2CC(C)(C)c3ncc(Cc4ccc(F)cc4)cc32)[C@@H](CN2CCCOCC2=O)CN1C(=O)OC(C)(C)C. The molecule has 3 aliphatic heterocycles. The molecule has 1 aromatic carbocycles. The van der Waals surface area contributed by atoms with E-state index in [0.717, 1.165) is 28.9 Å². The van der Waals surface area contributed by atoms with Gasteiger partial charge in [0, 0.05) is 63.0 Å². The van der Waals surface area contributed by atoms with Crippen molar-refractivity contribution in [1.29, 1.82) is 0 Å². The van der Waals surface area contributed by atoms with Gasteiger partial charge in [0.15, 0.2) is 0 Å². The second-order valence-electron chi connectivity index (χ2n) is 14.2. The number of halogens is 1. The summed E-state index contributed by atoms with van der Waals surface area (Å²) < 4.78 is 24.6. The fourth-order valence-electron chi connectivity index (χ4n) is 6.43. The number of ether oxygens (including phenoxy) is 2. The van der Waals surface area contributed by atoms with Crippen LogP contribution in [0.5, 0.6) is 0 Å². The molecule has 0 bridgehead atoms. The molecular weight excluding hydrogens is 577 g/mol. The van der Waals surface area contributed by atoms with Gasteiger partial charge in [0.1, 0.15) is 18.0 Å². The molecule has 0 radical (unpaired) electrons.